The van der Waals surface area contributed by atoms with Gasteiger partial charge in [0.15, 0.2) is 0 Å². The molecular weight excluding hydrogens is 418 g/mol. The Bertz CT molecular complexity index is 1540. The fourth-order valence-electron chi connectivity index (χ4n) is 4.11. The topological polar surface area (TPSA) is 55.4 Å². The smallest absolute Gasteiger partial charge is 0.261 e. The standard InChI is InChI=1S/C27H21NO3S/c1-31-25-18-16-20-10-6-8-14-23(20)27(25)26-22-13-7-5-9-19(22)15-17-24(26)28-32(29,30)21-11-3-2-4-12-21/h2-18,28H,1H3. The molecule has 0 saturated carbocycles. The molecule has 0 aliphatic carbocycles. The molecule has 0 atom stereocenters. The molecule has 1 N–H and O–H groups in total. The number of nitrogens with one attached hydrogen (secondary N) is 1. The number of hydrogen-bond acceptors (Lipinski definition) is 3. The van der Waals surface area contributed by atoms with Crippen LogP contribution >= 0.6 is 0 Å². The predicted molar refractivity (Wildman–Crippen MR) is 131 cm³/mol. The molecule has 0 saturated heterocycles. The van der Waals surface area contributed by atoms with E-state index in [9.17, 15) is 8.42 Å². The minimum Gasteiger partial charge on any atom is -0.496 e. The molecule has 0 heterocycles. The Morgan fingerprint density at radius 1 is 0.625 bits per heavy atom. The van der Waals surface area contributed by atoms with E-state index in [0.717, 1.165) is 32.7 Å². The largest absolute Gasteiger partial charge is 0.496 e. The number of sulfonamides is 1. The van der Waals surface area contributed by atoms with Crippen LogP contribution in [0.2, 0.25) is 0 Å². The molecule has 0 aromatic heterocycles. The van der Waals surface area contributed by atoms with Crippen molar-refractivity contribution >= 4 is 37.3 Å². The first kappa shape index (κ1) is 20.1. The zero-order valence-electron chi connectivity index (χ0n) is 17.4. The van der Waals surface area contributed by atoms with Crippen LogP contribution in [0.3, 0.4) is 0 Å². The van der Waals surface area contributed by atoms with E-state index in [1.54, 1.807) is 37.4 Å². The number of fused-ring (bicyclic) bond motifs is 2. The maximum absolute atomic E-state index is 13.2. The lowest BCUT2D eigenvalue weighted by molar-refractivity contribution is 0.417. The van der Waals surface area contributed by atoms with E-state index in [1.165, 1.54) is 0 Å². The zero-order chi connectivity index (χ0) is 22.1. The van der Waals surface area contributed by atoms with Gasteiger partial charge in [0.2, 0.25) is 0 Å². The molecule has 5 aromatic rings. The molecule has 0 radical (unpaired) electrons. The summed E-state index contributed by atoms with van der Waals surface area (Å²) < 4.78 is 35.0. The summed E-state index contributed by atoms with van der Waals surface area (Å²) in [5.41, 5.74) is 2.15. The normalized spacial score (nSPS) is 11.5. The fourth-order valence-corrected chi connectivity index (χ4v) is 5.20. The summed E-state index contributed by atoms with van der Waals surface area (Å²) in [5.74, 6) is 0.681. The van der Waals surface area contributed by atoms with Gasteiger partial charge in [0.1, 0.15) is 5.75 Å². The van der Waals surface area contributed by atoms with Gasteiger partial charge in [-0.25, -0.2) is 8.42 Å². The summed E-state index contributed by atoms with van der Waals surface area (Å²) in [4.78, 5) is 0.212. The van der Waals surface area contributed by atoms with Gasteiger partial charge in [-0.3, -0.25) is 4.72 Å². The SMILES string of the molecule is COc1ccc2ccccc2c1-c1c(NS(=O)(=O)c2ccccc2)ccc2ccccc12. The third-order valence-electron chi connectivity index (χ3n) is 5.59. The second-order valence-electron chi connectivity index (χ2n) is 7.49. The molecule has 0 fully saturated rings. The number of rotatable bonds is 5. The zero-order valence-corrected chi connectivity index (χ0v) is 18.3. The van der Waals surface area contributed by atoms with Crippen molar-refractivity contribution < 1.29 is 13.2 Å². The molecule has 0 unspecified atom stereocenters. The van der Waals surface area contributed by atoms with Crippen LogP contribution in [0, 0.1) is 0 Å². The molecule has 0 aliphatic heterocycles. The Kier molecular flexibility index (Phi) is 5.04. The lowest BCUT2D eigenvalue weighted by Crippen LogP contribution is -2.13. The monoisotopic (exact) mass is 439 g/mol. The summed E-state index contributed by atoms with van der Waals surface area (Å²) in [6.07, 6.45) is 0. The average molecular weight is 440 g/mol. The fraction of sp³-hybridized carbons (Fsp3) is 0.0370. The van der Waals surface area contributed by atoms with E-state index in [4.69, 9.17) is 4.74 Å². The summed E-state index contributed by atoms with van der Waals surface area (Å²) >= 11 is 0. The minimum atomic E-state index is -3.78. The quantitative estimate of drug-likeness (QED) is 0.341. The maximum Gasteiger partial charge on any atom is 0.261 e. The van der Waals surface area contributed by atoms with E-state index in [0.29, 0.717) is 11.4 Å². The second-order valence-corrected chi connectivity index (χ2v) is 9.17. The molecule has 0 amide bonds. The number of anilines is 1. The predicted octanol–water partition coefficient (Wildman–Crippen LogP) is 6.47. The highest BCUT2D eigenvalue weighted by Crippen LogP contribution is 2.44. The lowest BCUT2D eigenvalue weighted by atomic mass is 9.92. The molecule has 0 bridgehead atoms. The molecule has 0 spiro atoms. The van der Waals surface area contributed by atoms with Gasteiger partial charge in [0.05, 0.1) is 17.7 Å². The van der Waals surface area contributed by atoms with Crippen molar-refractivity contribution in [3.8, 4) is 16.9 Å². The van der Waals surface area contributed by atoms with E-state index in [-0.39, 0.29) is 4.90 Å². The van der Waals surface area contributed by atoms with Gasteiger partial charge in [-0.1, -0.05) is 78.9 Å². The van der Waals surface area contributed by atoms with Crippen LogP contribution in [0.25, 0.3) is 32.7 Å². The first-order valence-corrected chi connectivity index (χ1v) is 11.7. The van der Waals surface area contributed by atoms with E-state index in [2.05, 4.69) is 4.72 Å². The molecule has 5 heteroatoms. The Morgan fingerprint density at radius 2 is 1.19 bits per heavy atom. The lowest BCUT2D eigenvalue weighted by Gasteiger charge is -2.19. The third kappa shape index (κ3) is 3.47. The van der Waals surface area contributed by atoms with Crippen molar-refractivity contribution in [1.29, 1.82) is 0 Å². The Morgan fingerprint density at radius 3 is 1.84 bits per heavy atom. The molecule has 158 valence electrons. The minimum absolute atomic E-state index is 0.212. The molecule has 4 nitrogen and oxygen atoms in total. The first-order chi connectivity index (χ1) is 15.6. The van der Waals surface area contributed by atoms with E-state index < -0.39 is 10.0 Å². The van der Waals surface area contributed by atoms with E-state index in [1.807, 2.05) is 72.8 Å². The van der Waals surface area contributed by atoms with Crippen LogP contribution in [0.15, 0.2) is 108 Å². The van der Waals surface area contributed by atoms with Gasteiger partial charge < -0.3 is 4.74 Å². The van der Waals surface area contributed by atoms with Gasteiger partial charge in [0.25, 0.3) is 10.0 Å². The number of ether oxygens (including phenoxy) is 1. The number of hydrogen-bond donors (Lipinski definition) is 1. The third-order valence-corrected chi connectivity index (χ3v) is 6.97. The van der Waals surface area contributed by atoms with Gasteiger partial charge in [-0.15, -0.1) is 0 Å². The Labute approximate surface area is 187 Å². The van der Waals surface area contributed by atoms with Crippen molar-refractivity contribution in [2.24, 2.45) is 0 Å². The average Bonchev–Trinajstić information content (AvgIpc) is 2.84. The van der Waals surface area contributed by atoms with Gasteiger partial charge >= 0.3 is 0 Å². The van der Waals surface area contributed by atoms with Crippen molar-refractivity contribution in [3.05, 3.63) is 103 Å². The summed E-state index contributed by atoms with van der Waals surface area (Å²) in [6, 6.07) is 32.1. The number of benzene rings is 5. The van der Waals surface area contributed by atoms with Crippen LogP contribution in [0.4, 0.5) is 5.69 Å². The molecule has 32 heavy (non-hydrogen) atoms. The van der Waals surface area contributed by atoms with Crippen LogP contribution < -0.4 is 9.46 Å². The van der Waals surface area contributed by atoms with Gasteiger partial charge in [-0.05, 0) is 45.8 Å². The van der Waals surface area contributed by atoms with Crippen LogP contribution in [0.1, 0.15) is 0 Å². The van der Waals surface area contributed by atoms with Gasteiger partial charge in [-0.2, -0.15) is 0 Å². The maximum atomic E-state index is 13.2. The van der Waals surface area contributed by atoms with E-state index >= 15 is 0 Å². The highest BCUT2D eigenvalue weighted by atomic mass is 32.2. The van der Waals surface area contributed by atoms with Crippen molar-refractivity contribution in [1.82, 2.24) is 0 Å². The highest BCUT2D eigenvalue weighted by molar-refractivity contribution is 7.92. The second kappa shape index (κ2) is 8.02. The first-order valence-electron chi connectivity index (χ1n) is 10.2. The highest BCUT2D eigenvalue weighted by Gasteiger charge is 2.21. The Hall–Kier alpha value is -3.83. The van der Waals surface area contributed by atoms with Crippen LogP contribution in [-0.4, -0.2) is 15.5 Å². The number of methoxy groups -OCH3 is 1. The summed E-state index contributed by atoms with van der Waals surface area (Å²) in [7, 11) is -2.14. The van der Waals surface area contributed by atoms with Gasteiger partial charge in [0, 0.05) is 11.1 Å². The van der Waals surface area contributed by atoms with Crippen LogP contribution in [-0.2, 0) is 10.0 Å². The van der Waals surface area contributed by atoms with Crippen molar-refractivity contribution in [2.75, 3.05) is 11.8 Å². The summed E-state index contributed by atoms with van der Waals surface area (Å²) in [6.45, 7) is 0. The molecule has 5 aromatic carbocycles. The molecular formula is C27H21NO3S. The Balaban J connectivity index is 1.83. The van der Waals surface area contributed by atoms with Crippen LogP contribution in [0.5, 0.6) is 5.75 Å². The van der Waals surface area contributed by atoms with Crippen molar-refractivity contribution in [3.63, 3.8) is 0 Å². The van der Waals surface area contributed by atoms with Crippen molar-refractivity contribution in [2.45, 2.75) is 4.90 Å². The molecule has 0 aliphatic rings. The molecule has 5 rings (SSSR count). The summed E-state index contributed by atoms with van der Waals surface area (Å²) in [5, 5.41) is 3.99.